The van der Waals surface area contributed by atoms with Gasteiger partial charge in [-0.1, -0.05) is 6.07 Å². The summed E-state index contributed by atoms with van der Waals surface area (Å²) in [5, 5.41) is 3.48. The maximum absolute atomic E-state index is 12.0. The summed E-state index contributed by atoms with van der Waals surface area (Å²) in [6.07, 6.45) is 0.310. The summed E-state index contributed by atoms with van der Waals surface area (Å²) >= 11 is 1.46. The number of anilines is 1. The van der Waals surface area contributed by atoms with Crippen molar-refractivity contribution in [1.82, 2.24) is 15.3 Å². The zero-order valence-corrected chi connectivity index (χ0v) is 17.1. The van der Waals surface area contributed by atoms with E-state index in [9.17, 15) is 9.59 Å². The molecule has 0 bridgehead atoms. The molecule has 2 aromatic rings. The number of hydrogen-bond acceptors (Lipinski definition) is 8. The summed E-state index contributed by atoms with van der Waals surface area (Å²) in [5.74, 6) is 0.305. The van der Waals surface area contributed by atoms with Crippen molar-refractivity contribution in [2.45, 2.75) is 25.3 Å². The lowest BCUT2D eigenvalue weighted by Crippen LogP contribution is -2.27. The smallest absolute Gasteiger partial charge is 0.338 e. The van der Waals surface area contributed by atoms with Crippen LogP contribution in [0, 0.1) is 13.8 Å². The summed E-state index contributed by atoms with van der Waals surface area (Å²) in [5.41, 5.74) is 14.9. The molecule has 8 nitrogen and oxygen atoms in total. The van der Waals surface area contributed by atoms with Crippen molar-refractivity contribution in [3.05, 3.63) is 34.9 Å². The first-order chi connectivity index (χ1) is 13.3. The van der Waals surface area contributed by atoms with Crippen LogP contribution in [0.5, 0.6) is 0 Å². The van der Waals surface area contributed by atoms with Gasteiger partial charge in [0.1, 0.15) is 5.03 Å². The van der Waals surface area contributed by atoms with Crippen LogP contribution in [0.15, 0.2) is 23.2 Å². The number of nitrogens with two attached hydrogens (primary N) is 2. The number of carbonyl (C=O) groups is 2. The summed E-state index contributed by atoms with van der Waals surface area (Å²) in [4.78, 5) is 32.0. The molecule has 0 atom stereocenters. The Balaban J connectivity index is 2.21. The molecular weight excluding hydrogens is 378 g/mol. The van der Waals surface area contributed by atoms with Gasteiger partial charge in [0.2, 0.25) is 11.9 Å². The molecule has 0 unspecified atom stereocenters. The van der Waals surface area contributed by atoms with Crippen molar-refractivity contribution in [2.75, 3.05) is 31.7 Å². The minimum absolute atomic E-state index is 0.0726. The third kappa shape index (κ3) is 5.67. The van der Waals surface area contributed by atoms with Crippen molar-refractivity contribution < 1.29 is 14.3 Å². The highest BCUT2D eigenvalue weighted by Gasteiger charge is 2.15. The molecular formula is C19H25N5O3S. The van der Waals surface area contributed by atoms with Gasteiger partial charge < -0.3 is 21.5 Å². The monoisotopic (exact) mass is 403 g/mol. The van der Waals surface area contributed by atoms with Crippen molar-refractivity contribution in [2.24, 2.45) is 5.73 Å². The molecule has 5 N–H and O–H groups in total. The van der Waals surface area contributed by atoms with Crippen LogP contribution in [0.2, 0.25) is 0 Å². The number of hydrogen-bond donors (Lipinski definition) is 3. The van der Waals surface area contributed by atoms with E-state index < -0.39 is 5.97 Å². The first-order valence-electron chi connectivity index (χ1n) is 8.79. The summed E-state index contributed by atoms with van der Waals surface area (Å²) in [6, 6.07) is 5.50. The fourth-order valence-electron chi connectivity index (χ4n) is 2.68. The minimum Gasteiger partial charge on any atom is -0.465 e. The molecule has 9 heteroatoms. The van der Waals surface area contributed by atoms with Crippen molar-refractivity contribution in [3.63, 3.8) is 0 Å². The molecule has 2 rings (SSSR count). The van der Waals surface area contributed by atoms with Gasteiger partial charge >= 0.3 is 5.97 Å². The van der Waals surface area contributed by atoms with Gasteiger partial charge in [0.15, 0.2) is 0 Å². The quantitative estimate of drug-likeness (QED) is 0.262. The van der Waals surface area contributed by atoms with Crippen LogP contribution < -0.4 is 16.8 Å². The number of carbonyl (C=O) groups excluding carboxylic acids is 2. The number of ether oxygens (including phenoxy) is 1. The number of nitrogens with zero attached hydrogens (tertiary/aromatic N) is 2. The molecule has 1 aromatic heterocycles. The fourth-order valence-corrected chi connectivity index (χ4v) is 3.44. The lowest BCUT2D eigenvalue weighted by atomic mass is 9.98. The maximum atomic E-state index is 12.0. The third-order valence-electron chi connectivity index (χ3n) is 4.02. The summed E-state index contributed by atoms with van der Waals surface area (Å²) in [7, 11) is 1.35. The number of aromatic nitrogens is 2. The van der Waals surface area contributed by atoms with Crippen LogP contribution in [0.3, 0.4) is 0 Å². The highest BCUT2D eigenvalue weighted by atomic mass is 32.2. The average Bonchev–Trinajstić information content (AvgIpc) is 2.64. The van der Waals surface area contributed by atoms with Gasteiger partial charge in [0.05, 0.1) is 18.4 Å². The van der Waals surface area contributed by atoms with E-state index in [-0.39, 0.29) is 11.9 Å². The number of esters is 1. The van der Waals surface area contributed by atoms with E-state index in [0.717, 1.165) is 16.7 Å². The van der Waals surface area contributed by atoms with E-state index in [0.29, 0.717) is 41.5 Å². The molecule has 0 aliphatic carbocycles. The maximum Gasteiger partial charge on any atom is 0.338 e. The number of nitrogens with one attached hydrogen (secondary N) is 1. The number of rotatable bonds is 8. The lowest BCUT2D eigenvalue weighted by Gasteiger charge is -2.12. The zero-order valence-electron chi connectivity index (χ0n) is 16.2. The van der Waals surface area contributed by atoms with E-state index in [2.05, 4.69) is 15.3 Å². The van der Waals surface area contributed by atoms with Gasteiger partial charge in [-0.25, -0.2) is 14.8 Å². The van der Waals surface area contributed by atoms with Crippen LogP contribution in [-0.4, -0.2) is 47.8 Å². The fraction of sp³-hybridized carbons (Fsp3) is 0.368. The van der Waals surface area contributed by atoms with Crippen LogP contribution in [0.4, 0.5) is 5.95 Å². The average molecular weight is 404 g/mol. The first kappa shape index (κ1) is 21.6. The molecule has 1 aromatic carbocycles. The predicted molar refractivity (Wildman–Crippen MR) is 110 cm³/mol. The van der Waals surface area contributed by atoms with Gasteiger partial charge in [-0.15, -0.1) is 11.8 Å². The van der Waals surface area contributed by atoms with Gasteiger partial charge in [-0.05, 0) is 37.1 Å². The molecule has 150 valence electrons. The van der Waals surface area contributed by atoms with E-state index in [1.807, 2.05) is 26.0 Å². The molecule has 0 saturated heterocycles. The number of aryl methyl sites for hydroxylation is 2. The Labute approximate surface area is 168 Å². The molecule has 0 aliphatic rings. The number of amides is 1. The predicted octanol–water partition coefficient (Wildman–Crippen LogP) is 1.69. The van der Waals surface area contributed by atoms with Crippen LogP contribution in [0.1, 0.15) is 27.9 Å². The van der Waals surface area contributed by atoms with E-state index in [4.69, 9.17) is 16.2 Å². The first-order valence-corrected chi connectivity index (χ1v) is 9.78. The van der Waals surface area contributed by atoms with Crippen molar-refractivity contribution in [3.8, 4) is 11.3 Å². The standard InChI is InChI=1S/C19H25N5O3S/c1-11-8-12(2)14(18(26)27-3)9-13(11)15-10-17(24-19(21)23-15)28-7-6-22-16(25)4-5-20/h8-10H,4-7,20H2,1-3H3,(H,22,25)(H2,21,23,24). The molecule has 28 heavy (non-hydrogen) atoms. The summed E-state index contributed by atoms with van der Waals surface area (Å²) < 4.78 is 4.85. The molecule has 0 spiro atoms. The number of thioether (sulfide) groups is 1. The lowest BCUT2D eigenvalue weighted by molar-refractivity contribution is -0.120. The van der Waals surface area contributed by atoms with Crippen LogP contribution >= 0.6 is 11.8 Å². The van der Waals surface area contributed by atoms with Crippen molar-refractivity contribution in [1.29, 1.82) is 0 Å². The Morgan fingerprint density at radius 3 is 2.61 bits per heavy atom. The van der Waals surface area contributed by atoms with Gasteiger partial charge in [0, 0.05) is 30.8 Å². The highest BCUT2D eigenvalue weighted by Crippen LogP contribution is 2.28. The SMILES string of the molecule is COC(=O)c1cc(-c2cc(SCCNC(=O)CCN)nc(N)n2)c(C)cc1C. The minimum atomic E-state index is -0.399. The van der Waals surface area contributed by atoms with Crippen molar-refractivity contribution >= 4 is 29.6 Å². The molecule has 0 radical (unpaired) electrons. The van der Waals surface area contributed by atoms with Crippen LogP contribution in [-0.2, 0) is 9.53 Å². The normalized spacial score (nSPS) is 10.6. The second-order valence-corrected chi connectivity index (χ2v) is 7.28. The van der Waals surface area contributed by atoms with E-state index >= 15 is 0 Å². The van der Waals surface area contributed by atoms with Gasteiger partial charge in [-0.3, -0.25) is 4.79 Å². The molecule has 1 heterocycles. The van der Waals surface area contributed by atoms with Crippen LogP contribution in [0.25, 0.3) is 11.3 Å². The Morgan fingerprint density at radius 1 is 1.18 bits per heavy atom. The molecule has 0 saturated carbocycles. The van der Waals surface area contributed by atoms with E-state index in [1.54, 1.807) is 6.07 Å². The second kappa shape index (κ2) is 10.0. The Kier molecular flexibility index (Phi) is 7.77. The number of methoxy groups -OCH3 is 1. The largest absolute Gasteiger partial charge is 0.465 e. The number of benzene rings is 1. The van der Waals surface area contributed by atoms with Gasteiger partial charge in [-0.2, -0.15) is 0 Å². The Hall–Kier alpha value is -2.65. The summed E-state index contributed by atoms with van der Waals surface area (Å²) in [6.45, 7) is 4.63. The van der Waals surface area contributed by atoms with E-state index in [1.165, 1.54) is 18.9 Å². The molecule has 0 aliphatic heterocycles. The van der Waals surface area contributed by atoms with Gasteiger partial charge in [0.25, 0.3) is 0 Å². The highest BCUT2D eigenvalue weighted by molar-refractivity contribution is 7.99. The molecule has 1 amide bonds. The topological polar surface area (TPSA) is 133 Å². The Morgan fingerprint density at radius 2 is 1.93 bits per heavy atom. The number of nitrogen functional groups attached to an aromatic ring is 1. The second-order valence-electron chi connectivity index (χ2n) is 6.16. The third-order valence-corrected chi connectivity index (χ3v) is 4.93. The zero-order chi connectivity index (χ0) is 20.7. The molecule has 0 fully saturated rings. The Bertz CT molecular complexity index is 873.